The van der Waals surface area contributed by atoms with Crippen LogP contribution in [0, 0.1) is 0 Å². The smallest absolute Gasteiger partial charge is 0.262 e. The summed E-state index contributed by atoms with van der Waals surface area (Å²) in [4.78, 5) is 52.0. The highest BCUT2D eigenvalue weighted by Gasteiger charge is 2.44. The molecule has 0 bridgehead atoms. The molecule has 8 nitrogen and oxygen atoms in total. The molecule has 3 aliphatic rings. The van der Waals surface area contributed by atoms with Crippen LogP contribution < -0.4 is 16.0 Å². The van der Waals surface area contributed by atoms with Crippen molar-refractivity contribution < 1.29 is 19.2 Å². The zero-order valence-electron chi connectivity index (χ0n) is 15.1. The fourth-order valence-electron chi connectivity index (χ4n) is 3.81. The largest absolute Gasteiger partial charge is 0.371 e. The molecule has 3 heterocycles. The van der Waals surface area contributed by atoms with E-state index in [-0.39, 0.29) is 49.6 Å². The van der Waals surface area contributed by atoms with Gasteiger partial charge >= 0.3 is 0 Å². The molecule has 1 aromatic rings. The standard InChI is InChI=1S/C18H20N4O4.2ClH/c19-10-5-7-21(8-6-10)11-1-2-12-13(9-11)18(26)22(17(12)25)14-3-4-15(23)20-16(14)24;;/h1-2,9-10,14H,3-8,19H2,(H,20,23,24);2*1H. The van der Waals surface area contributed by atoms with Crippen LogP contribution in [0.1, 0.15) is 46.4 Å². The number of piperidine rings is 2. The number of benzene rings is 1. The van der Waals surface area contributed by atoms with Gasteiger partial charge in [-0.1, -0.05) is 0 Å². The van der Waals surface area contributed by atoms with Crippen molar-refractivity contribution in [3.05, 3.63) is 29.3 Å². The van der Waals surface area contributed by atoms with Crippen LogP contribution in [0.15, 0.2) is 18.2 Å². The Morgan fingerprint density at radius 2 is 1.57 bits per heavy atom. The number of halogens is 2. The normalized spacial score (nSPS) is 22.4. The molecule has 3 N–H and O–H groups in total. The number of anilines is 1. The van der Waals surface area contributed by atoms with Crippen molar-refractivity contribution in [3.63, 3.8) is 0 Å². The second kappa shape index (κ2) is 8.46. The number of rotatable bonds is 2. The van der Waals surface area contributed by atoms with E-state index in [1.54, 1.807) is 12.1 Å². The molecule has 1 unspecified atom stereocenters. The van der Waals surface area contributed by atoms with Gasteiger partial charge in [-0.3, -0.25) is 29.4 Å². The van der Waals surface area contributed by atoms with Gasteiger partial charge in [0, 0.05) is 31.2 Å². The van der Waals surface area contributed by atoms with Crippen molar-refractivity contribution in [2.45, 2.75) is 37.8 Å². The molecule has 2 saturated heterocycles. The van der Waals surface area contributed by atoms with Gasteiger partial charge in [-0.15, -0.1) is 24.8 Å². The molecule has 3 aliphatic heterocycles. The van der Waals surface area contributed by atoms with E-state index in [2.05, 4.69) is 10.2 Å². The molecule has 2 fully saturated rings. The maximum Gasteiger partial charge on any atom is 0.262 e. The van der Waals surface area contributed by atoms with E-state index in [9.17, 15) is 19.2 Å². The average molecular weight is 429 g/mol. The molecular weight excluding hydrogens is 407 g/mol. The van der Waals surface area contributed by atoms with E-state index >= 15 is 0 Å². The zero-order chi connectivity index (χ0) is 18.4. The fraction of sp³-hybridized carbons (Fsp3) is 0.444. The van der Waals surface area contributed by atoms with Gasteiger partial charge in [0.15, 0.2) is 0 Å². The number of carbonyl (C=O) groups excluding carboxylic acids is 4. The number of imide groups is 2. The Hall–Kier alpha value is -2.16. The SMILES string of the molecule is Cl.Cl.NC1CCN(c2ccc3c(c2)C(=O)N(C2CCC(=O)NC2=O)C3=O)CC1. The first-order valence-corrected chi connectivity index (χ1v) is 8.82. The average Bonchev–Trinajstić information content (AvgIpc) is 2.87. The lowest BCUT2D eigenvalue weighted by atomic mass is 10.0. The quantitative estimate of drug-likeness (QED) is 0.675. The van der Waals surface area contributed by atoms with Gasteiger partial charge in [0.2, 0.25) is 11.8 Å². The lowest BCUT2D eigenvalue weighted by Crippen LogP contribution is -2.54. The Morgan fingerprint density at radius 1 is 0.929 bits per heavy atom. The monoisotopic (exact) mass is 428 g/mol. The van der Waals surface area contributed by atoms with E-state index in [1.165, 1.54) is 0 Å². The summed E-state index contributed by atoms with van der Waals surface area (Å²) in [6.45, 7) is 1.61. The Bertz CT molecular complexity index is 824. The van der Waals surface area contributed by atoms with Gasteiger partial charge in [-0.2, -0.15) is 0 Å². The molecule has 1 atom stereocenters. The van der Waals surface area contributed by atoms with Crippen LogP contribution in [0.3, 0.4) is 0 Å². The van der Waals surface area contributed by atoms with Crippen LogP contribution in [0.2, 0.25) is 0 Å². The van der Waals surface area contributed by atoms with E-state index in [1.807, 2.05) is 6.07 Å². The fourth-order valence-corrected chi connectivity index (χ4v) is 3.81. The molecule has 0 saturated carbocycles. The van der Waals surface area contributed by atoms with Crippen LogP contribution in [0.25, 0.3) is 0 Å². The summed E-state index contributed by atoms with van der Waals surface area (Å²) in [6, 6.07) is 4.46. The topological polar surface area (TPSA) is 113 Å². The summed E-state index contributed by atoms with van der Waals surface area (Å²) in [5, 5.41) is 2.20. The summed E-state index contributed by atoms with van der Waals surface area (Å²) in [6.07, 6.45) is 2.04. The number of amides is 4. The van der Waals surface area contributed by atoms with Gasteiger partial charge in [-0.05, 0) is 37.5 Å². The van der Waals surface area contributed by atoms with Crippen molar-refractivity contribution in [2.24, 2.45) is 5.73 Å². The Kier molecular flexibility index (Phi) is 6.69. The van der Waals surface area contributed by atoms with E-state index in [0.29, 0.717) is 11.1 Å². The number of hydrogen-bond donors (Lipinski definition) is 2. The maximum absolute atomic E-state index is 12.8. The first-order chi connectivity index (χ1) is 12.5. The predicted octanol–water partition coefficient (Wildman–Crippen LogP) is 0.859. The molecule has 10 heteroatoms. The lowest BCUT2D eigenvalue weighted by Gasteiger charge is -2.32. The highest BCUT2D eigenvalue weighted by atomic mass is 35.5. The van der Waals surface area contributed by atoms with Crippen molar-refractivity contribution >= 4 is 54.1 Å². The summed E-state index contributed by atoms with van der Waals surface area (Å²) < 4.78 is 0. The van der Waals surface area contributed by atoms with E-state index in [0.717, 1.165) is 36.5 Å². The van der Waals surface area contributed by atoms with Crippen LogP contribution in [-0.2, 0) is 9.59 Å². The third-order valence-corrected chi connectivity index (χ3v) is 5.33. The van der Waals surface area contributed by atoms with Crippen LogP contribution in [-0.4, -0.2) is 53.7 Å². The molecule has 0 aromatic heterocycles. The number of fused-ring (bicyclic) bond motifs is 1. The number of nitrogens with one attached hydrogen (secondary N) is 1. The molecule has 4 rings (SSSR count). The first kappa shape index (κ1) is 22.1. The van der Waals surface area contributed by atoms with Gasteiger partial charge < -0.3 is 10.6 Å². The third kappa shape index (κ3) is 3.72. The number of carbonyl (C=O) groups is 4. The molecule has 4 amide bonds. The Morgan fingerprint density at radius 3 is 2.21 bits per heavy atom. The zero-order valence-corrected chi connectivity index (χ0v) is 16.7. The van der Waals surface area contributed by atoms with E-state index < -0.39 is 23.8 Å². The number of hydrogen-bond acceptors (Lipinski definition) is 6. The minimum atomic E-state index is -0.934. The van der Waals surface area contributed by atoms with Crippen LogP contribution in [0.4, 0.5) is 5.69 Å². The summed E-state index contributed by atoms with van der Waals surface area (Å²) >= 11 is 0. The molecule has 152 valence electrons. The summed E-state index contributed by atoms with van der Waals surface area (Å²) in [7, 11) is 0. The van der Waals surface area contributed by atoms with Gasteiger partial charge in [0.1, 0.15) is 6.04 Å². The summed E-state index contributed by atoms with van der Waals surface area (Å²) in [5.41, 5.74) is 7.43. The maximum atomic E-state index is 12.8. The predicted molar refractivity (Wildman–Crippen MR) is 107 cm³/mol. The molecule has 1 aromatic carbocycles. The van der Waals surface area contributed by atoms with Crippen molar-refractivity contribution in [1.82, 2.24) is 10.2 Å². The molecular formula is C18H22Cl2N4O4. The van der Waals surface area contributed by atoms with Crippen LogP contribution >= 0.6 is 24.8 Å². The van der Waals surface area contributed by atoms with Gasteiger partial charge in [0.25, 0.3) is 11.8 Å². The number of nitrogens with two attached hydrogens (primary N) is 1. The van der Waals surface area contributed by atoms with Crippen molar-refractivity contribution in [1.29, 1.82) is 0 Å². The Labute approximate surface area is 174 Å². The molecule has 0 radical (unpaired) electrons. The minimum absolute atomic E-state index is 0. The first-order valence-electron chi connectivity index (χ1n) is 8.82. The Balaban J connectivity index is 0.00000140. The molecule has 0 spiro atoms. The third-order valence-electron chi connectivity index (χ3n) is 5.33. The van der Waals surface area contributed by atoms with Gasteiger partial charge in [-0.25, -0.2) is 0 Å². The number of nitrogens with zero attached hydrogens (tertiary/aromatic N) is 2. The lowest BCUT2D eigenvalue weighted by molar-refractivity contribution is -0.136. The van der Waals surface area contributed by atoms with Crippen molar-refractivity contribution in [2.75, 3.05) is 18.0 Å². The highest BCUT2D eigenvalue weighted by Crippen LogP contribution is 2.31. The second-order valence-corrected chi connectivity index (χ2v) is 7.00. The molecule has 0 aliphatic carbocycles. The second-order valence-electron chi connectivity index (χ2n) is 7.00. The van der Waals surface area contributed by atoms with Gasteiger partial charge in [0.05, 0.1) is 11.1 Å². The summed E-state index contributed by atoms with van der Waals surface area (Å²) in [5.74, 6) is -1.93. The van der Waals surface area contributed by atoms with Crippen molar-refractivity contribution in [3.8, 4) is 0 Å². The van der Waals surface area contributed by atoms with E-state index in [4.69, 9.17) is 5.73 Å². The minimum Gasteiger partial charge on any atom is -0.371 e. The van der Waals surface area contributed by atoms with Crippen LogP contribution in [0.5, 0.6) is 0 Å². The highest BCUT2D eigenvalue weighted by molar-refractivity contribution is 6.23. The molecule has 28 heavy (non-hydrogen) atoms.